The van der Waals surface area contributed by atoms with E-state index in [2.05, 4.69) is 10.6 Å². The SMILES string of the molecule is CC1(NC(=O)CSC2CCNCC2)CCS(=O)(=O)C1. The van der Waals surface area contributed by atoms with E-state index >= 15 is 0 Å². The number of hydrogen-bond acceptors (Lipinski definition) is 5. The summed E-state index contributed by atoms with van der Waals surface area (Å²) in [6, 6.07) is 0. The highest BCUT2D eigenvalue weighted by atomic mass is 32.2. The highest BCUT2D eigenvalue weighted by Gasteiger charge is 2.39. The molecule has 0 aliphatic carbocycles. The quantitative estimate of drug-likeness (QED) is 0.774. The van der Waals surface area contributed by atoms with Gasteiger partial charge in [0.2, 0.25) is 5.91 Å². The van der Waals surface area contributed by atoms with Gasteiger partial charge in [-0.3, -0.25) is 4.79 Å². The topological polar surface area (TPSA) is 75.3 Å². The third-order valence-electron chi connectivity index (χ3n) is 3.68. The van der Waals surface area contributed by atoms with Gasteiger partial charge in [0.25, 0.3) is 0 Å². The van der Waals surface area contributed by atoms with Crippen molar-refractivity contribution < 1.29 is 13.2 Å². The molecule has 0 aromatic heterocycles. The smallest absolute Gasteiger partial charge is 0.230 e. The van der Waals surface area contributed by atoms with Gasteiger partial charge in [-0.15, -0.1) is 11.8 Å². The van der Waals surface area contributed by atoms with Crippen molar-refractivity contribution in [3.05, 3.63) is 0 Å². The summed E-state index contributed by atoms with van der Waals surface area (Å²) < 4.78 is 22.9. The molecule has 0 radical (unpaired) electrons. The van der Waals surface area contributed by atoms with Gasteiger partial charge in [-0.25, -0.2) is 8.42 Å². The highest BCUT2D eigenvalue weighted by Crippen LogP contribution is 2.24. The molecule has 1 amide bonds. The van der Waals surface area contributed by atoms with E-state index in [1.54, 1.807) is 11.8 Å². The molecule has 0 saturated carbocycles. The van der Waals surface area contributed by atoms with Crippen LogP contribution in [-0.2, 0) is 14.6 Å². The molecule has 2 rings (SSSR count). The van der Waals surface area contributed by atoms with Gasteiger partial charge in [-0.2, -0.15) is 0 Å². The van der Waals surface area contributed by atoms with Crippen LogP contribution < -0.4 is 10.6 Å². The first kappa shape index (κ1) is 15.1. The van der Waals surface area contributed by atoms with Crippen LogP contribution in [0.25, 0.3) is 0 Å². The molecule has 2 fully saturated rings. The summed E-state index contributed by atoms with van der Waals surface area (Å²) in [5.41, 5.74) is -0.565. The normalized spacial score (nSPS) is 31.2. The van der Waals surface area contributed by atoms with E-state index in [-0.39, 0.29) is 17.4 Å². The van der Waals surface area contributed by atoms with Crippen LogP contribution in [0.3, 0.4) is 0 Å². The number of thioether (sulfide) groups is 1. The number of rotatable bonds is 4. The predicted molar refractivity (Wildman–Crippen MR) is 78.2 cm³/mol. The summed E-state index contributed by atoms with van der Waals surface area (Å²) in [6.45, 7) is 3.87. The minimum absolute atomic E-state index is 0.0388. The van der Waals surface area contributed by atoms with Crippen molar-refractivity contribution in [1.29, 1.82) is 0 Å². The van der Waals surface area contributed by atoms with Gasteiger partial charge >= 0.3 is 0 Å². The molecule has 2 saturated heterocycles. The summed E-state index contributed by atoms with van der Waals surface area (Å²) in [6.07, 6.45) is 2.73. The van der Waals surface area contributed by atoms with E-state index in [1.165, 1.54) is 0 Å². The largest absolute Gasteiger partial charge is 0.349 e. The van der Waals surface area contributed by atoms with Crippen molar-refractivity contribution in [3.63, 3.8) is 0 Å². The molecule has 2 heterocycles. The average molecular weight is 306 g/mol. The fourth-order valence-electron chi connectivity index (χ4n) is 2.64. The van der Waals surface area contributed by atoms with Crippen molar-refractivity contribution in [2.24, 2.45) is 0 Å². The number of hydrogen-bond donors (Lipinski definition) is 2. The average Bonchev–Trinajstić information content (AvgIpc) is 2.62. The highest BCUT2D eigenvalue weighted by molar-refractivity contribution is 8.00. The Hall–Kier alpha value is -0.270. The van der Waals surface area contributed by atoms with Gasteiger partial charge in [0.1, 0.15) is 0 Å². The summed E-state index contributed by atoms with van der Waals surface area (Å²) >= 11 is 1.69. The number of piperidine rings is 1. The molecule has 2 N–H and O–H groups in total. The van der Waals surface area contributed by atoms with E-state index in [4.69, 9.17) is 0 Å². The molecule has 0 aromatic carbocycles. The summed E-state index contributed by atoms with van der Waals surface area (Å²) in [4.78, 5) is 11.9. The standard InChI is InChI=1S/C12H22N2O3S2/c1-12(4-7-19(16,17)9-12)14-11(15)8-18-10-2-5-13-6-3-10/h10,13H,2-9H2,1H3,(H,14,15). The fraction of sp³-hybridized carbons (Fsp3) is 0.917. The van der Waals surface area contributed by atoms with E-state index in [0.29, 0.717) is 17.4 Å². The lowest BCUT2D eigenvalue weighted by Gasteiger charge is -2.25. The molecule has 19 heavy (non-hydrogen) atoms. The molecule has 2 aliphatic heterocycles. The zero-order valence-electron chi connectivity index (χ0n) is 11.3. The van der Waals surface area contributed by atoms with Gasteiger partial charge in [0, 0.05) is 5.25 Å². The van der Waals surface area contributed by atoms with Crippen molar-refractivity contribution in [3.8, 4) is 0 Å². The van der Waals surface area contributed by atoms with Gasteiger partial charge in [-0.05, 0) is 39.3 Å². The lowest BCUT2D eigenvalue weighted by molar-refractivity contribution is -0.120. The second kappa shape index (κ2) is 6.01. The van der Waals surface area contributed by atoms with Crippen molar-refractivity contribution >= 4 is 27.5 Å². The molecular weight excluding hydrogens is 284 g/mol. The van der Waals surface area contributed by atoms with E-state index in [1.807, 2.05) is 6.92 Å². The lowest BCUT2D eigenvalue weighted by atomic mass is 10.0. The molecule has 1 unspecified atom stereocenters. The summed E-state index contributed by atoms with van der Waals surface area (Å²) in [5.74, 6) is 0.651. The maximum atomic E-state index is 11.9. The summed E-state index contributed by atoms with van der Waals surface area (Å²) in [5, 5.41) is 6.74. The van der Waals surface area contributed by atoms with Gasteiger partial charge in [0.05, 0.1) is 22.8 Å². The van der Waals surface area contributed by atoms with E-state index in [0.717, 1.165) is 25.9 Å². The van der Waals surface area contributed by atoms with Crippen molar-refractivity contribution in [2.75, 3.05) is 30.3 Å². The van der Waals surface area contributed by atoms with Crippen LogP contribution >= 0.6 is 11.8 Å². The summed E-state index contributed by atoms with van der Waals surface area (Å²) in [7, 11) is -2.96. The number of carbonyl (C=O) groups is 1. The minimum Gasteiger partial charge on any atom is -0.349 e. The molecule has 110 valence electrons. The fourth-order valence-corrected chi connectivity index (χ4v) is 5.76. The van der Waals surface area contributed by atoms with E-state index < -0.39 is 15.4 Å². The monoisotopic (exact) mass is 306 g/mol. The Balaban J connectivity index is 1.75. The molecule has 0 aromatic rings. The Labute approximate surface area is 119 Å². The zero-order valence-corrected chi connectivity index (χ0v) is 12.9. The van der Waals surface area contributed by atoms with Gasteiger partial charge in [0.15, 0.2) is 9.84 Å². The van der Waals surface area contributed by atoms with Crippen LogP contribution in [0.5, 0.6) is 0 Å². The van der Waals surface area contributed by atoms with Crippen LogP contribution in [0.4, 0.5) is 0 Å². The third-order valence-corrected chi connectivity index (χ3v) is 6.96. The molecule has 0 spiro atoms. The van der Waals surface area contributed by atoms with Crippen LogP contribution in [-0.4, -0.2) is 55.5 Å². The van der Waals surface area contributed by atoms with Crippen LogP contribution in [0.15, 0.2) is 0 Å². The first-order valence-corrected chi connectivity index (χ1v) is 9.59. The predicted octanol–water partition coefficient (Wildman–Crippen LogP) is 0.165. The zero-order chi connectivity index (χ0) is 13.9. The second-order valence-corrected chi connectivity index (χ2v) is 9.18. The molecule has 1 atom stereocenters. The Morgan fingerprint density at radius 1 is 1.42 bits per heavy atom. The molecule has 2 aliphatic rings. The lowest BCUT2D eigenvalue weighted by Crippen LogP contribution is -2.47. The molecular formula is C12H22N2O3S2. The van der Waals surface area contributed by atoms with Gasteiger partial charge in [-0.1, -0.05) is 0 Å². The number of amides is 1. The minimum atomic E-state index is -2.96. The first-order chi connectivity index (χ1) is 8.89. The number of nitrogens with one attached hydrogen (secondary N) is 2. The Kier molecular flexibility index (Phi) is 4.79. The Morgan fingerprint density at radius 3 is 2.68 bits per heavy atom. The van der Waals surface area contributed by atoms with Gasteiger partial charge < -0.3 is 10.6 Å². The van der Waals surface area contributed by atoms with Crippen LogP contribution in [0.2, 0.25) is 0 Å². The maximum absolute atomic E-state index is 11.9. The van der Waals surface area contributed by atoms with Crippen LogP contribution in [0, 0.1) is 0 Å². The Morgan fingerprint density at radius 2 is 2.11 bits per heavy atom. The number of sulfone groups is 1. The number of carbonyl (C=O) groups excluding carboxylic acids is 1. The molecule has 0 bridgehead atoms. The second-order valence-electron chi connectivity index (χ2n) is 5.71. The molecule has 5 nitrogen and oxygen atoms in total. The Bertz CT molecular complexity index is 432. The van der Waals surface area contributed by atoms with Crippen LogP contribution in [0.1, 0.15) is 26.2 Å². The van der Waals surface area contributed by atoms with E-state index in [9.17, 15) is 13.2 Å². The maximum Gasteiger partial charge on any atom is 0.230 e. The van der Waals surface area contributed by atoms with Crippen molar-refractivity contribution in [1.82, 2.24) is 10.6 Å². The third kappa shape index (κ3) is 4.65. The molecule has 7 heteroatoms. The first-order valence-electron chi connectivity index (χ1n) is 6.72. The van der Waals surface area contributed by atoms with Crippen molar-refractivity contribution in [2.45, 2.75) is 37.0 Å².